The molecular weight excluding hydrogens is 532 g/mol. The molecule has 0 saturated carbocycles. The summed E-state index contributed by atoms with van der Waals surface area (Å²) in [4.78, 5) is 55.3. The maximum atomic E-state index is 13.1. The lowest BCUT2D eigenvalue weighted by atomic mass is 10.1. The minimum absolute atomic E-state index is 0.137. The van der Waals surface area contributed by atoms with Gasteiger partial charge in [-0.25, -0.2) is 19.2 Å². The number of nitrogen functional groups attached to an aromatic ring is 1. The standard InChI is InChI=1S/C29H24N4O8/c30-22-16-31-33(29(37)32-22)25-24(41-28(36)20-14-8-3-9-15-20)23(40-27(35)19-12-6-2-7-13-19)21(39-25)17-38-26(34)18-10-4-1-5-11-18/h1-16,21,23-25H,17H2,(H2,30,32,37)/t21-,23+,24+,25-/m1/s1. The van der Waals surface area contributed by atoms with Crippen LogP contribution in [0.25, 0.3) is 0 Å². The summed E-state index contributed by atoms with van der Waals surface area (Å²) in [6.45, 7) is -0.409. The second-order valence-electron chi connectivity index (χ2n) is 8.91. The third kappa shape index (κ3) is 6.28. The fraction of sp³-hybridized carbons (Fsp3) is 0.172. The minimum atomic E-state index is -1.41. The molecular formula is C29H24N4O8. The zero-order valence-electron chi connectivity index (χ0n) is 21.4. The van der Waals surface area contributed by atoms with Gasteiger partial charge in [0.05, 0.1) is 22.9 Å². The number of ether oxygens (including phenoxy) is 4. The Balaban J connectivity index is 1.49. The number of benzene rings is 3. The van der Waals surface area contributed by atoms with Crippen molar-refractivity contribution in [2.24, 2.45) is 0 Å². The van der Waals surface area contributed by atoms with Crippen LogP contribution in [0.3, 0.4) is 0 Å². The minimum Gasteiger partial charge on any atom is -0.459 e. The van der Waals surface area contributed by atoms with Gasteiger partial charge in [0.1, 0.15) is 18.5 Å². The van der Waals surface area contributed by atoms with Gasteiger partial charge < -0.3 is 24.7 Å². The van der Waals surface area contributed by atoms with Crippen molar-refractivity contribution in [2.45, 2.75) is 24.5 Å². The Morgan fingerprint density at radius 2 is 1.24 bits per heavy atom. The molecule has 2 heterocycles. The summed E-state index contributed by atoms with van der Waals surface area (Å²) in [7, 11) is 0. The van der Waals surface area contributed by atoms with Gasteiger partial charge >= 0.3 is 23.6 Å². The number of hydrogen-bond donors (Lipinski definition) is 1. The second-order valence-corrected chi connectivity index (χ2v) is 8.91. The van der Waals surface area contributed by atoms with E-state index in [9.17, 15) is 19.2 Å². The van der Waals surface area contributed by atoms with Gasteiger partial charge in [0.15, 0.2) is 18.4 Å². The fourth-order valence-corrected chi connectivity index (χ4v) is 4.19. The van der Waals surface area contributed by atoms with Crippen LogP contribution in [0.2, 0.25) is 0 Å². The average Bonchev–Trinajstić information content (AvgIpc) is 3.33. The van der Waals surface area contributed by atoms with Crippen LogP contribution in [0, 0.1) is 0 Å². The second kappa shape index (κ2) is 12.2. The van der Waals surface area contributed by atoms with Crippen LogP contribution in [0.4, 0.5) is 5.82 Å². The molecule has 1 aliphatic rings. The van der Waals surface area contributed by atoms with Gasteiger partial charge in [0.25, 0.3) is 0 Å². The highest BCUT2D eigenvalue weighted by molar-refractivity contribution is 5.91. The van der Waals surface area contributed by atoms with Crippen molar-refractivity contribution in [3.05, 3.63) is 124 Å². The molecule has 0 unspecified atom stereocenters. The van der Waals surface area contributed by atoms with Gasteiger partial charge in [-0.15, -0.1) is 0 Å². The van der Waals surface area contributed by atoms with E-state index in [4.69, 9.17) is 24.7 Å². The summed E-state index contributed by atoms with van der Waals surface area (Å²) >= 11 is 0. The molecule has 12 heteroatoms. The summed E-state index contributed by atoms with van der Waals surface area (Å²) in [5.41, 5.74) is 5.41. The molecule has 3 aromatic carbocycles. The molecule has 12 nitrogen and oxygen atoms in total. The number of carbonyl (C=O) groups is 3. The summed E-state index contributed by atoms with van der Waals surface area (Å²) in [5.74, 6) is -2.32. The van der Waals surface area contributed by atoms with Crippen LogP contribution in [0.5, 0.6) is 0 Å². The van der Waals surface area contributed by atoms with Gasteiger partial charge in [-0.3, -0.25) is 0 Å². The largest absolute Gasteiger partial charge is 0.459 e. The van der Waals surface area contributed by atoms with Gasteiger partial charge in [-0.1, -0.05) is 54.6 Å². The molecule has 0 bridgehead atoms. The first-order valence-electron chi connectivity index (χ1n) is 12.5. The predicted octanol–water partition coefficient (Wildman–Crippen LogP) is 2.43. The Hall–Kier alpha value is -5.36. The molecule has 0 radical (unpaired) electrons. The molecule has 0 aliphatic carbocycles. The smallest absolute Gasteiger partial charge is 0.368 e. The van der Waals surface area contributed by atoms with E-state index in [0.29, 0.717) is 0 Å². The number of nitrogens with two attached hydrogens (primary N) is 1. The van der Waals surface area contributed by atoms with Gasteiger partial charge in [0.2, 0.25) is 0 Å². The molecule has 2 N–H and O–H groups in total. The van der Waals surface area contributed by atoms with Crippen LogP contribution >= 0.6 is 0 Å². The third-order valence-electron chi connectivity index (χ3n) is 6.16. The molecule has 1 aromatic heterocycles. The summed E-state index contributed by atoms with van der Waals surface area (Å²) in [5, 5.41) is 3.99. The van der Waals surface area contributed by atoms with E-state index in [1.165, 1.54) is 12.1 Å². The number of esters is 3. The number of hydrogen-bond acceptors (Lipinski definition) is 11. The highest BCUT2D eigenvalue weighted by atomic mass is 16.7. The average molecular weight is 557 g/mol. The van der Waals surface area contributed by atoms with Gasteiger partial charge in [-0.2, -0.15) is 14.8 Å². The zero-order chi connectivity index (χ0) is 28.8. The van der Waals surface area contributed by atoms with E-state index >= 15 is 0 Å². The topological polar surface area (TPSA) is 162 Å². The lowest BCUT2D eigenvalue weighted by Crippen LogP contribution is -2.43. The SMILES string of the molecule is Nc1cnn([C@@H]2O[C@H](COC(=O)c3ccccc3)[C@H](OC(=O)c3ccccc3)[C@@H]2OC(=O)c2ccccc2)c(=O)n1. The van der Waals surface area contributed by atoms with Crippen molar-refractivity contribution >= 4 is 23.7 Å². The molecule has 208 valence electrons. The summed E-state index contributed by atoms with van der Waals surface area (Å²) < 4.78 is 23.9. The van der Waals surface area contributed by atoms with E-state index < -0.39 is 54.7 Å². The molecule has 1 aliphatic heterocycles. The monoisotopic (exact) mass is 556 g/mol. The van der Waals surface area contributed by atoms with Gasteiger partial charge in [-0.05, 0) is 36.4 Å². The van der Waals surface area contributed by atoms with Crippen LogP contribution < -0.4 is 11.4 Å². The molecule has 41 heavy (non-hydrogen) atoms. The van der Waals surface area contributed by atoms with Crippen LogP contribution in [-0.4, -0.2) is 57.6 Å². The molecule has 0 spiro atoms. The number of anilines is 1. The van der Waals surface area contributed by atoms with Crippen LogP contribution in [0.1, 0.15) is 37.3 Å². The number of carbonyl (C=O) groups excluding carboxylic acids is 3. The molecule has 1 fully saturated rings. The first-order chi connectivity index (χ1) is 19.9. The fourth-order valence-electron chi connectivity index (χ4n) is 4.19. The normalized spacial score (nSPS) is 19.7. The zero-order valence-corrected chi connectivity index (χ0v) is 21.4. The van der Waals surface area contributed by atoms with E-state index in [1.54, 1.807) is 78.9 Å². The highest BCUT2D eigenvalue weighted by Gasteiger charge is 2.52. The highest BCUT2D eigenvalue weighted by Crippen LogP contribution is 2.34. The lowest BCUT2D eigenvalue weighted by molar-refractivity contribution is -0.0698. The number of aromatic nitrogens is 3. The van der Waals surface area contributed by atoms with E-state index in [2.05, 4.69) is 10.1 Å². The summed E-state index contributed by atoms with van der Waals surface area (Å²) in [6.07, 6.45) is -4.17. The van der Waals surface area contributed by atoms with Crippen LogP contribution in [0.15, 0.2) is 102 Å². The lowest BCUT2D eigenvalue weighted by Gasteiger charge is -2.24. The van der Waals surface area contributed by atoms with Crippen molar-refractivity contribution in [3.63, 3.8) is 0 Å². The van der Waals surface area contributed by atoms with E-state index in [-0.39, 0.29) is 22.5 Å². The summed E-state index contributed by atoms with van der Waals surface area (Å²) in [6, 6.07) is 24.4. The third-order valence-corrected chi connectivity index (χ3v) is 6.16. The number of rotatable bonds is 8. The first kappa shape index (κ1) is 27.2. The molecule has 4 atom stereocenters. The van der Waals surface area contributed by atoms with E-state index in [0.717, 1.165) is 10.9 Å². The maximum absolute atomic E-state index is 13.1. The Morgan fingerprint density at radius 1 is 0.756 bits per heavy atom. The Morgan fingerprint density at radius 3 is 1.76 bits per heavy atom. The predicted molar refractivity (Wildman–Crippen MR) is 143 cm³/mol. The van der Waals surface area contributed by atoms with Crippen molar-refractivity contribution in [1.29, 1.82) is 0 Å². The van der Waals surface area contributed by atoms with E-state index in [1.807, 2.05) is 0 Å². The molecule has 4 aromatic rings. The Kier molecular flexibility index (Phi) is 8.11. The van der Waals surface area contributed by atoms with Gasteiger partial charge in [0, 0.05) is 0 Å². The molecule has 5 rings (SSSR count). The molecule has 1 saturated heterocycles. The Labute approximate surface area is 233 Å². The maximum Gasteiger partial charge on any atom is 0.368 e. The first-order valence-corrected chi connectivity index (χ1v) is 12.5. The van der Waals surface area contributed by atoms with Crippen molar-refractivity contribution in [1.82, 2.24) is 14.8 Å². The van der Waals surface area contributed by atoms with Crippen LogP contribution in [-0.2, 0) is 18.9 Å². The van der Waals surface area contributed by atoms with Crippen molar-refractivity contribution < 1.29 is 33.3 Å². The number of nitrogens with zero attached hydrogens (tertiary/aromatic N) is 3. The Bertz CT molecular complexity index is 1580. The quantitative estimate of drug-likeness (QED) is 0.251. The molecule has 0 amide bonds. The van der Waals surface area contributed by atoms with Crippen molar-refractivity contribution in [2.75, 3.05) is 12.3 Å². The van der Waals surface area contributed by atoms with Crippen molar-refractivity contribution in [3.8, 4) is 0 Å².